The molecule has 0 fully saturated rings. The number of benzene rings is 3. The zero-order valence-electron chi connectivity index (χ0n) is 16.7. The van der Waals surface area contributed by atoms with Crippen LogP contribution in [0.15, 0.2) is 78.9 Å². The number of para-hydroxylation sites is 1. The number of hydrogen-bond donors (Lipinski definition) is 3. The molecule has 146 valence electrons. The molecule has 0 aromatic heterocycles. The lowest BCUT2D eigenvalue weighted by molar-refractivity contribution is 0.632. The van der Waals surface area contributed by atoms with Gasteiger partial charge in [0.1, 0.15) is 0 Å². The Kier molecular flexibility index (Phi) is 7.80. The van der Waals surface area contributed by atoms with Gasteiger partial charge in [-0.2, -0.15) is 0 Å². The minimum atomic E-state index is 1.03. The second-order valence-electron chi connectivity index (χ2n) is 7.18. The fourth-order valence-corrected chi connectivity index (χ4v) is 3.16. The molecule has 0 saturated heterocycles. The quantitative estimate of drug-likeness (QED) is 0.242. The van der Waals surface area contributed by atoms with E-state index in [0.29, 0.717) is 0 Å². The third-order valence-electron chi connectivity index (χ3n) is 4.82. The summed E-state index contributed by atoms with van der Waals surface area (Å²) in [7, 11) is 0. The molecule has 3 rings (SSSR count). The zero-order valence-corrected chi connectivity index (χ0v) is 16.7. The third kappa shape index (κ3) is 6.66. The highest BCUT2D eigenvalue weighted by Crippen LogP contribution is 2.19. The summed E-state index contributed by atoms with van der Waals surface area (Å²) >= 11 is 0. The Bertz CT molecular complexity index is 795. The molecule has 0 radical (unpaired) electrons. The summed E-state index contributed by atoms with van der Waals surface area (Å²) in [5, 5.41) is 3.39. The van der Waals surface area contributed by atoms with E-state index in [9.17, 15) is 0 Å². The van der Waals surface area contributed by atoms with Crippen molar-refractivity contribution in [3.63, 3.8) is 0 Å². The number of aryl methyl sites for hydroxylation is 1. The van der Waals surface area contributed by atoms with Crippen LogP contribution in [-0.2, 0) is 6.42 Å². The molecule has 0 saturated carbocycles. The first-order valence-electron chi connectivity index (χ1n) is 10.4. The summed E-state index contributed by atoms with van der Waals surface area (Å²) in [6.07, 6.45) is 7.82. The number of hydrogen-bond acceptors (Lipinski definition) is 3. The number of nitrogens with one attached hydrogen (secondary N) is 3. The summed E-state index contributed by atoms with van der Waals surface area (Å²) in [6.45, 7) is 2.26. The highest BCUT2D eigenvalue weighted by molar-refractivity contribution is 5.63. The van der Waals surface area contributed by atoms with Gasteiger partial charge in [0, 0.05) is 11.4 Å². The molecule has 0 amide bonds. The Morgan fingerprint density at radius 3 is 1.71 bits per heavy atom. The molecule has 28 heavy (non-hydrogen) atoms. The molecule has 0 aliphatic rings. The van der Waals surface area contributed by atoms with Gasteiger partial charge in [-0.15, -0.1) is 0 Å². The SMILES string of the molecule is CCCCCCCc1ccc(NNc2ccc(Nc3ccccc3)cc2)cc1. The van der Waals surface area contributed by atoms with Gasteiger partial charge in [0.2, 0.25) is 0 Å². The summed E-state index contributed by atoms with van der Waals surface area (Å²) in [5.74, 6) is 0. The molecule has 3 N–H and O–H groups in total. The van der Waals surface area contributed by atoms with Gasteiger partial charge >= 0.3 is 0 Å². The Labute approximate surface area is 169 Å². The summed E-state index contributed by atoms with van der Waals surface area (Å²) in [5.41, 5.74) is 12.2. The average molecular weight is 374 g/mol. The molecule has 0 bridgehead atoms. The summed E-state index contributed by atoms with van der Waals surface area (Å²) < 4.78 is 0. The van der Waals surface area contributed by atoms with Crippen LogP contribution in [0.2, 0.25) is 0 Å². The lowest BCUT2D eigenvalue weighted by Crippen LogP contribution is -2.08. The normalized spacial score (nSPS) is 10.5. The molecule has 3 aromatic carbocycles. The molecule has 0 aliphatic carbocycles. The van der Waals surface area contributed by atoms with Crippen LogP contribution in [0.25, 0.3) is 0 Å². The smallest absolute Gasteiger partial charge is 0.0541 e. The maximum Gasteiger partial charge on any atom is 0.0541 e. The van der Waals surface area contributed by atoms with Gasteiger partial charge in [-0.3, -0.25) is 0 Å². The standard InChI is InChI=1S/C25H31N3/c1-2-3-4-5-7-10-21-13-15-24(16-14-21)27-28-25-19-17-23(18-20-25)26-22-11-8-6-9-12-22/h6,8-9,11-20,26-28H,2-5,7,10H2,1H3. The molecule has 0 heterocycles. The van der Waals surface area contributed by atoms with Crippen molar-refractivity contribution < 1.29 is 0 Å². The Balaban J connectivity index is 1.42. The number of rotatable bonds is 11. The molecule has 3 aromatic rings. The van der Waals surface area contributed by atoms with E-state index < -0.39 is 0 Å². The minimum Gasteiger partial charge on any atom is -0.356 e. The van der Waals surface area contributed by atoms with E-state index in [4.69, 9.17) is 0 Å². The minimum absolute atomic E-state index is 1.03. The lowest BCUT2D eigenvalue weighted by Gasteiger charge is -2.12. The van der Waals surface area contributed by atoms with Crippen molar-refractivity contribution in [1.29, 1.82) is 0 Å². The van der Waals surface area contributed by atoms with E-state index in [1.54, 1.807) is 0 Å². The van der Waals surface area contributed by atoms with Crippen LogP contribution in [-0.4, -0.2) is 0 Å². The molecular formula is C25H31N3. The van der Waals surface area contributed by atoms with Crippen molar-refractivity contribution in [2.75, 3.05) is 16.2 Å². The fourth-order valence-electron chi connectivity index (χ4n) is 3.16. The van der Waals surface area contributed by atoms with Crippen molar-refractivity contribution in [3.8, 4) is 0 Å². The van der Waals surface area contributed by atoms with Gasteiger partial charge in [-0.25, -0.2) is 0 Å². The summed E-state index contributed by atoms with van der Waals surface area (Å²) in [6, 6.07) is 27.2. The van der Waals surface area contributed by atoms with E-state index in [0.717, 1.165) is 22.7 Å². The Morgan fingerprint density at radius 2 is 1.07 bits per heavy atom. The molecule has 0 unspecified atom stereocenters. The van der Waals surface area contributed by atoms with Gasteiger partial charge in [0.05, 0.1) is 11.4 Å². The van der Waals surface area contributed by atoms with E-state index in [1.807, 2.05) is 18.2 Å². The monoisotopic (exact) mass is 373 g/mol. The average Bonchev–Trinajstić information content (AvgIpc) is 2.75. The Hall–Kier alpha value is -2.94. The lowest BCUT2D eigenvalue weighted by atomic mass is 10.1. The molecule has 0 atom stereocenters. The van der Waals surface area contributed by atoms with Gasteiger partial charge < -0.3 is 16.2 Å². The van der Waals surface area contributed by atoms with Crippen molar-refractivity contribution in [2.24, 2.45) is 0 Å². The number of anilines is 4. The van der Waals surface area contributed by atoms with Crippen LogP contribution in [0, 0.1) is 0 Å². The largest absolute Gasteiger partial charge is 0.356 e. The molecule has 3 heteroatoms. The van der Waals surface area contributed by atoms with Crippen LogP contribution >= 0.6 is 0 Å². The molecule has 0 spiro atoms. The van der Waals surface area contributed by atoms with Crippen LogP contribution in [0.5, 0.6) is 0 Å². The van der Waals surface area contributed by atoms with Crippen molar-refractivity contribution >= 4 is 22.7 Å². The van der Waals surface area contributed by atoms with Crippen molar-refractivity contribution in [2.45, 2.75) is 45.4 Å². The highest BCUT2D eigenvalue weighted by Gasteiger charge is 1.98. The molecule has 3 nitrogen and oxygen atoms in total. The second-order valence-corrected chi connectivity index (χ2v) is 7.18. The van der Waals surface area contributed by atoms with Crippen LogP contribution in [0.4, 0.5) is 22.7 Å². The van der Waals surface area contributed by atoms with E-state index >= 15 is 0 Å². The number of hydrazine groups is 1. The predicted octanol–water partition coefficient (Wildman–Crippen LogP) is 7.38. The van der Waals surface area contributed by atoms with E-state index in [1.165, 1.54) is 44.1 Å². The van der Waals surface area contributed by atoms with Gasteiger partial charge in [-0.1, -0.05) is 62.9 Å². The molecule has 0 aliphatic heterocycles. The fraction of sp³-hybridized carbons (Fsp3) is 0.280. The van der Waals surface area contributed by atoms with Gasteiger partial charge in [0.15, 0.2) is 0 Å². The van der Waals surface area contributed by atoms with E-state index in [-0.39, 0.29) is 0 Å². The predicted molar refractivity (Wildman–Crippen MR) is 122 cm³/mol. The van der Waals surface area contributed by atoms with Gasteiger partial charge in [0.25, 0.3) is 0 Å². The Morgan fingerprint density at radius 1 is 0.536 bits per heavy atom. The first-order chi connectivity index (χ1) is 13.8. The first kappa shape index (κ1) is 19.8. The summed E-state index contributed by atoms with van der Waals surface area (Å²) in [4.78, 5) is 0. The van der Waals surface area contributed by atoms with Crippen LogP contribution in [0.3, 0.4) is 0 Å². The van der Waals surface area contributed by atoms with Crippen LogP contribution in [0.1, 0.15) is 44.6 Å². The maximum atomic E-state index is 3.39. The number of unbranched alkanes of at least 4 members (excludes halogenated alkanes) is 4. The van der Waals surface area contributed by atoms with E-state index in [2.05, 4.69) is 83.8 Å². The second kappa shape index (κ2) is 11.0. The topological polar surface area (TPSA) is 36.1 Å². The van der Waals surface area contributed by atoms with Crippen LogP contribution < -0.4 is 16.2 Å². The van der Waals surface area contributed by atoms with Gasteiger partial charge in [-0.05, 0) is 66.9 Å². The highest BCUT2D eigenvalue weighted by atomic mass is 15.4. The maximum absolute atomic E-state index is 3.39. The zero-order chi connectivity index (χ0) is 19.4. The molecular weight excluding hydrogens is 342 g/mol. The van der Waals surface area contributed by atoms with Crippen molar-refractivity contribution in [3.05, 3.63) is 84.4 Å². The third-order valence-corrected chi connectivity index (χ3v) is 4.82. The first-order valence-corrected chi connectivity index (χ1v) is 10.4. The van der Waals surface area contributed by atoms with Crippen molar-refractivity contribution in [1.82, 2.24) is 0 Å².